The molecule has 4 rings (SSSR count). The molecule has 2 amide bonds. The topological polar surface area (TPSA) is 99.7 Å². The van der Waals surface area contributed by atoms with Crippen LogP contribution in [0.25, 0.3) is 10.4 Å². The third-order valence-corrected chi connectivity index (χ3v) is 7.18. The second-order valence-corrected chi connectivity index (χ2v) is 11.0. The Morgan fingerprint density at radius 1 is 1.08 bits per heavy atom. The Balaban J connectivity index is 1.83. The highest BCUT2D eigenvalue weighted by molar-refractivity contribution is 7.15. The van der Waals surface area contributed by atoms with Crippen molar-refractivity contribution in [3.8, 4) is 10.4 Å². The lowest BCUT2D eigenvalue weighted by Gasteiger charge is -2.28. The number of Topliss-reactive ketones (excluding diaryl/α,β-unsaturated/α-hetero) is 2. The summed E-state index contributed by atoms with van der Waals surface area (Å²) in [5.74, 6) is -3.58. The normalized spacial score (nSPS) is 17.6. The van der Waals surface area contributed by atoms with E-state index in [-0.39, 0.29) is 23.8 Å². The van der Waals surface area contributed by atoms with Crippen LogP contribution >= 0.6 is 11.3 Å². The van der Waals surface area contributed by atoms with E-state index >= 15 is 0 Å². The van der Waals surface area contributed by atoms with Gasteiger partial charge in [0.25, 0.3) is 11.8 Å². The number of nitrogens with one attached hydrogen (secondary N) is 1. The van der Waals surface area contributed by atoms with Crippen LogP contribution in [0.5, 0.6) is 0 Å². The van der Waals surface area contributed by atoms with E-state index in [0.29, 0.717) is 11.3 Å². The zero-order valence-corrected chi connectivity index (χ0v) is 22.3. The highest BCUT2D eigenvalue weighted by Crippen LogP contribution is 2.42. The number of thiophene rings is 1. The van der Waals surface area contributed by atoms with Crippen LogP contribution in [0, 0.1) is 18.8 Å². The minimum atomic E-state index is -1.23. The summed E-state index contributed by atoms with van der Waals surface area (Å²) in [4.78, 5) is 61.0. The van der Waals surface area contributed by atoms with Crippen LogP contribution in [0.4, 0.5) is 5.69 Å². The second kappa shape index (κ2) is 10.7. The fourth-order valence-electron chi connectivity index (χ4n) is 4.60. The van der Waals surface area contributed by atoms with Crippen molar-refractivity contribution in [2.24, 2.45) is 11.8 Å². The first kappa shape index (κ1) is 26.4. The number of amides is 2. The number of anilines is 1. The SMILES string of the molecule is Cc1ccc(-c2ccc(N3C(=O)C(=O)C(C(=O)CC(C)C)C3c3cccnc3C(=O)NN(C)C)cc2)s1. The first-order chi connectivity index (χ1) is 17.6. The minimum Gasteiger partial charge on any atom is -0.299 e. The molecule has 8 nitrogen and oxygen atoms in total. The highest BCUT2D eigenvalue weighted by Gasteiger charge is 2.53. The minimum absolute atomic E-state index is 0.00375. The van der Waals surface area contributed by atoms with Crippen LogP contribution in [0.3, 0.4) is 0 Å². The summed E-state index contributed by atoms with van der Waals surface area (Å²) in [5, 5.41) is 1.48. The van der Waals surface area contributed by atoms with E-state index in [1.807, 2.05) is 45.0 Å². The van der Waals surface area contributed by atoms with Crippen molar-refractivity contribution in [1.82, 2.24) is 15.4 Å². The Kier molecular flexibility index (Phi) is 7.65. The van der Waals surface area contributed by atoms with E-state index in [1.54, 1.807) is 49.7 Å². The van der Waals surface area contributed by atoms with Crippen molar-refractivity contribution in [3.05, 3.63) is 70.9 Å². The number of hydrogen-bond donors (Lipinski definition) is 1. The van der Waals surface area contributed by atoms with Crippen molar-refractivity contribution in [1.29, 1.82) is 0 Å². The second-order valence-electron chi connectivity index (χ2n) is 9.76. The number of hydrogen-bond acceptors (Lipinski definition) is 7. The maximum atomic E-state index is 13.4. The van der Waals surface area contributed by atoms with E-state index < -0.39 is 29.6 Å². The molecule has 1 aliphatic heterocycles. The maximum absolute atomic E-state index is 13.4. The molecule has 1 aliphatic rings. The third-order valence-electron chi connectivity index (χ3n) is 6.13. The number of aromatic nitrogens is 1. The van der Waals surface area contributed by atoms with Gasteiger partial charge in [-0.1, -0.05) is 32.0 Å². The average molecular weight is 519 g/mol. The molecule has 3 heterocycles. The molecule has 0 bridgehead atoms. The standard InChI is InChI=1S/C28H30N4O4S/c1-16(2)15-21(33)23-25(20-7-6-14-29-24(20)27(35)30-31(4)5)32(28(36)26(23)34)19-11-9-18(10-12-19)22-13-8-17(3)37-22/h6-14,16,23,25H,15H2,1-5H3,(H,30,35). The number of hydrazine groups is 1. The van der Waals surface area contributed by atoms with Gasteiger partial charge in [0.05, 0.1) is 6.04 Å². The molecule has 37 heavy (non-hydrogen) atoms. The van der Waals surface area contributed by atoms with Crippen molar-refractivity contribution in [2.45, 2.75) is 33.2 Å². The van der Waals surface area contributed by atoms with E-state index in [9.17, 15) is 19.2 Å². The third kappa shape index (κ3) is 5.38. The van der Waals surface area contributed by atoms with Gasteiger partial charge < -0.3 is 0 Å². The van der Waals surface area contributed by atoms with Crippen LogP contribution in [0.1, 0.15) is 47.2 Å². The molecule has 0 saturated carbocycles. The van der Waals surface area contributed by atoms with Gasteiger partial charge in [0, 0.05) is 47.7 Å². The number of aryl methyl sites for hydroxylation is 1. The number of ketones is 2. The van der Waals surface area contributed by atoms with Gasteiger partial charge in [0.15, 0.2) is 0 Å². The van der Waals surface area contributed by atoms with E-state index in [2.05, 4.69) is 10.4 Å². The predicted octanol–water partition coefficient (Wildman–Crippen LogP) is 4.21. The molecule has 1 fully saturated rings. The van der Waals surface area contributed by atoms with Gasteiger partial charge in [-0.15, -0.1) is 11.3 Å². The molecule has 2 unspecified atom stereocenters. The molecule has 192 valence electrons. The van der Waals surface area contributed by atoms with Gasteiger partial charge in [-0.25, -0.2) is 5.01 Å². The Hall–Kier alpha value is -3.69. The number of pyridine rings is 1. The number of benzene rings is 1. The molecule has 2 atom stereocenters. The molecule has 1 N–H and O–H groups in total. The molecular formula is C28H30N4O4S. The highest BCUT2D eigenvalue weighted by atomic mass is 32.1. The predicted molar refractivity (Wildman–Crippen MR) is 143 cm³/mol. The average Bonchev–Trinajstić information content (AvgIpc) is 3.39. The van der Waals surface area contributed by atoms with Crippen LogP contribution in [0.2, 0.25) is 0 Å². The molecular weight excluding hydrogens is 488 g/mol. The molecule has 3 aromatic rings. The van der Waals surface area contributed by atoms with Crippen molar-refractivity contribution in [2.75, 3.05) is 19.0 Å². The fourth-order valence-corrected chi connectivity index (χ4v) is 5.47. The number of rotatable bonds is 8. The lowest BCUT2D eigenvalue weighted by Crippen LogP contribution is -2.39. The van der Waals surface area contributed by atoms with Crippen LogP contribution < -0.4 is 10.3 Å². The zero-order chi connectivity index (χ0) is 26.9. The Morgan fingerprint density at radius 2 is 1.78 bits per heavy atom. The van der Waals surface area contributed by atoms with Gasteiger partial charge in [-0.05, 0) is 48.7 Å². The summed E-state index contributed by atoms with van der Waals surface area (Å²) in [5.41, 5.74) is 4.53. The molecule has 9 heteroatoms. The largest absolute Gasteiger partial charge is 0.299 e. The van der Waals surface area contributed by atoms with Crippen LogP contribution in [0.15, 0.2) is 54.7 Å². The van der Waals surface area contributed by atoms with E-state index in [4.69, 9.17) is 0 Å². The molecule has 2 aromatic heterocycles. The first-order valence-electron chi connectivity index (χ1n) is 12.1. The van der Waals surface area contributed by atoms with Gasteiger partial charge in [-0.3, -0.25) is 34.5 Å². The Bertz CT molecular complexity index is 1350. The summed E-state index contributed by atoms with van der Waals surface area (Å²) in [7, 11) is 3.34. The summed E-state index contributed by atoms with van der Waals surface area (Å²) >= 11 is 1.66. The molecule has 0 radical (unpaired) electrons. The van der Waals surface area contributed by atoms with Gasteiger partial charge in [0.2, 0.25) is 5.78 Å². The van der Waals surface area contributed by atoms with Crippen molar-refractivity contribution < 1.29 is 19.2 Å². The zero-order valence-electron chi connectivity index (χ0n) is 21.5. The Labute approximate surface area is 220 Å². The van der Waals surface area contributed by atoms with Gasteiger partial charge >= 0.3 is 0 Å². The van der Waals surface area contributed by atoms with Gasteiger partial charge in [-0.2, -0.15) is 0 Å². The van der Waals surface area contributed by atoms with Crippen molar-refractivity contribution >= 4 is 40.4 Å². The fraction of sp³-hybridized carbons (Fsp3) is 0.321. The molecule has 0 spiro atoms. The molecule has 1 saturated heterocycles. The van der Waals surface area contributed by atoms with Crippen LogP contribution in [-0.2, 0) is 14.4 Å². The summed E-state index contributed by atoms with van der Waals surface area (Å²) in [6, 6.07) is 13.7. The monoisotopic (exact) mass is 518 g/mol. The lowest BCUT2D eigenvalue weighted by molar-refractivity contribution is -0.139. The Morgan fingerprint density at radius 3 is 2.38 bits per heavy atom. The number of carbonyl (C=O) groups excluding carboxylic acids is 4. The van der Waals surface area contributed by atoms with Gasteiger partial charge in [0.1, 0.15) is 17.4 Å². The van der Waals surface area contributed by atoms with Crippen molar-refractivity contribution in [3.63, 3.8) is 0 Å². The molecule has 1 aromatic carbocycles. The lowest BCUT2D eigenvalue weighted by atomic mass is 9.85. The quantitative estimate of drug-likeness (QED) is 0.272. The molecule has 0 aliphatic carbocycles. The number of nitrogens with zero attached hydrogens (tertiary/aromatic N) is 3. The number of carbonyl (C=O) groups is 4. The summed E-state index contributed by atoms with van der Waals surface area (Å²) in [6.07, 6.45) is 1.62. The smallest absolute Gasteiger partial charge is 0.295 e. The first-order valence-corrected chi connectivity index (χ1v) is 12.9. The summed E-state index contributed by atoms with van der Waals surface area (Å²) < 4.78 is 0. The van der Waals surface area contributed by atoms with E-state index in [1.165, 1.54) is 21.0 Å². The van der Waals surface area contributed by atoms with E-state index in [0.717, 1.165) is 10.4 Å². The summed E-state index contributed by atoms with van der Waals surface area (Å²) in [6.45, 7) is 5.81. The van der Waals surface area contributed by atoms with Crippen LogP contribution in [-0.4, -0.2) is 47.5 Å². The maximum Gasteiger partial charge on any atom is 0.295 e.